The third-order valence-corrected chi connectivity index (χ3v) is 5.46. The van der Waals surface area contributed by atoms with Crippen LogP contribution in [0.2, 0.25) is 5.02 Å². The normalized spacial score (nSPS) is 11.6. The molecular formula is C11H11BrClN3O2S. The van der Waals surface area contributed by atoms with Gasteiger partial charge < -0.3 is 0 Å². The fraction of sp³-hybridized carbons (Fsp3) is 0.182. The number of aryl methyl sites for hydroxylation is 2. The number of rotatable bonds is 3. The van der Waals surface area contributed by atoms with Gasteiger partial charge >= 0.3 is 0 Å². The molecule has 19 heavy (non-hydrogen) atoms. The molecule has 0 radical (unpaired) electrons. The van der Waals surface area contributed by atoms with Crippen molar-refractivity contribution in [2.45, 2.75) is 11.9 Å². The quantitative estimate of drug-likeness (QED) is 0.910. The molecule has 1 N–H and O–H groups in total. The molecule has 0 saturated heterocycles. The molecule has 0 fully saturated rings. The molecule has 5 nitrogen and oxygen atoms in total. The van der Waals surface area contributed by atoms with Crippen molar-refractivity contribution < 1.29 is 8.42 Å². The van der Waals surface area contributed by atoms with E-state index in [0.717, 1.165) is 5.56 Å². The van der Waals surface area contributed by atoms with Crippen molar-refractivity contribution in [3.05, 3.63) is 39.5 Å². The third kappa shape index (κ3) is 2.77. The summed E-state index contributed by atoms with van der Waals surface area (Å²) in [6.45, 7) is 1.87. The molecular weight excluding hydrogens is 354 g/mol. The van der Waals surface area contributed by atoms with Crippen LogP contribution in [0.4, 0.5) is 5.69 Å². The maximum atomic E-state index is 12.3. The van der Waals surface area contributed by atoms with E-state index in [1.54, 1.807) is 12.1 Å². The van der Waals surface area contributed by atoms with Gasteiger partial charge in [-0.15, -0.1) is 0 Å². The minimum atomic E-state index is -3.78. The zero-order valence-electron chi connectivity index (χ0n) is 10.2. The lowest BCUT2D eigenvalue weighted by molar-refractivity contribution is 0.582. The van der Waals surface area contributed by atoms with Crippen molar-refractivity contribution in [2.75, 3.05) is 4.72 Å². The van der Waals surface area contributed by atoms with E-state index in [4.69, 9.17) is 11.6 Å². The van der Waals surface area contributed by atoms with Gasteiger partial charge in [-0.3, -0.25) is 9.40 Å². The topological polar surface area (TPSA) is 64.0 Å². The summed E-state index contributed by atoms with van der Waals surface area (Å²) in [6, 6.07) is 5.31. The van der Waals surface area contributed by atoms with Crippen LogP contribution in [-0.4, -0.2) is 18.2 Å². The molecule has 0 amide bonds. The number of aromatic nitrogens is 2. The largest absolute Gasteiger partial charge is 0.280 e. The molecule has 1 aromatic heterocycles. The first-order valence-corrected chi connectivity index (χ1v) is 7.94. The van der Waals surface area contributed by atoms with Gasteiger partial charge in [-0.25, -0.2) is 0 Å². The summed E-state index contributed by atoms with van der Waals surface area (Å²) in [7, 11) is -2.26. The number of hydrogen-bond donors (Lipinski definition) is 1. The van der Waals surface area contributed by atoms with Crippen molar-refractivity contribution in [2.24, 2.45) is 7.05 Å². The Kier molecular flexibility index (Phi) is 3.89. The summed E-state index contributed by atoms with van der Waals surface area (Å²) in [5, 5.41) is 3.83. The molecule has 1 heterocycles. The van der Waals surface area contributed by atoms with Crippen LogP contribution in [0.15, 0.2) is 33.9 Å². The highest BCUT2D eigenvalue weighted by molar-refractivity contribution is 9.10. The smallest absolute Gasteiger partial charge is 0.277 e. The van der Waals surface area contributed by atoms with Crippen molar-refractivity contribution in [1.29, 1.82) is 0 Å². The van der Waals surface area contributed by atoms with Gasteiger partial charge in [0.25, 0.3) is 10.0 Å². The Bertz CT molecular complexity index is 708. The molecule has 1 aromatic carbocycles. The Labute approximate surface area is 124 Å². The number of sulfonamides is 1. The average molecular weight is 365 g/mol. The molecule has 2 aromatic rings. The molecule has 0 bridgehead atoms. The molecule has 2 rings (SSSR count). The zero-order chi connectivity index (χ0) is 14.2. The highest BCUT2D eigenvalue weighted by Gasteiger charge is 2.23. The Morgan fingerprint density at radius 1 is 1.42 bits per heavy atom. The van der Waals surface area contributed by atoms with Gasteiger partial charge in [0.15, 0.2) is 5.03 Å². The molecule has 0 atom stereocenters. The maximum Gasteiger partial charge on any atom is 0.280 e. The van der Waals surface area contributed by atoms with Crippen LogP contribution in [0, 0.1) is 6.92 Å². The van der Waals surface area contributed by atoms with Crippen molar-refractivity contribution >= 4 is 43.2 Å². The number of anilines is 1. The number of hydrogen-bond acceptors (Lipinski definition) is 3. The first-order valence-electron chi connectivity index (χ1n) is 5.28. The van der Waals surface area contributed by atoms with E-state index in [-0.39, 0.29) is 10.0 Å². The SMILES string of the molecule is Cc1cccc(NS(=O)(=O)c2c(Cl)cnn2C)c1Br. The second kappa shape index (κ2) is 5.15. The van der Waals surface area contributed by atoms with Gasteiger partial charge in [-0.05, 0) is 34.5 Å². The molecule has 0 spiro atoms. The monoisotopic (exact) mass is 363 g/mol. The van der Waals surface area contributed by atoms with Crippen molar-refractivity contribution in [1.82, 2.24) is 9.78 Å². The molecule has 0 unspecified atom stereocenters. The fourth-order valence-electron chi connectivity index (χ4n) is 1.62. The van der Waals surface area contributed by atoms with E-state index in [0.29, 0.717) is 10.2 Å². The van der Waals surface area contributed by atoms with Crippen LogP contribution in [0.5, 0.6) is 0 Å². The van der Waals surface area contributed by atoms with E-state index in [9.17, 15) is 8.42 Å². The Hall–Kier alpha value is -1.05. The molecule has 0 aliphatic rings. The summed E-state index contributed by atoms with van der Waals surface area (Å²) in [4.78, 5) is 0. The van der Waals surface area contributed by atoms with E-state index < -0.39 is 10.0 Å². The Morgan fingerprint density at radius 3 is 2.68 bits per heavy atom. The third-order valence-electron chi connectivity index (χ3n) is 2.53. The Morgan fingerprint density at radius 2 is 2.11 bits per heavy atom. The van der Waals surface area contributed by atoms with Crippen LogP contribution in [0.3, 0.4) is 0 Å². The number of benzene rings is 1. The number of nitrogens with one attached hydrogen (secondary N) is 1. The van der Waals surface area contributed by atoms with Crippen LogP contribution >= 0.6 is 27.5 Å². The summed E-state index contributed by atoms with van der Waals surface area (Å²) in [5.41, 5.74) is 1.38. The van der Waals surface area contributed by atoms with E-state index in [1.807, 2.05) is 13.0 Å². The van der Waals surface area contributed by atoms with Gasteiger partial charge in [0.2, 0.25) is 0 Å². The lowest BCUT2D eigenvalue weighted by atomic mass is 10.2. The first kappa shape index (κ1) is 14.4. The highest BCUT2D eigenvalue weighted by Crippen LogP contribution is 2.29. The second-order valence-corrected chi connectivity index (χ2v) is 6.76. The average Bonchev–Trinajstić information content (AvgIpc) is 2.65. The van der Waals surface area contributed by atoms with Gasteiger partial charge in [-0.2, -0.15) is 13.5 Å². The maximum absolute atomic E-state index is 12.3. The minimum absolute atomic E-state index is 0.0671. The Balaban J connectivity index is 2.46. The van der Waals surface area contributed by atoms with Crippen LogP contribution in [0.25, 0.3) is 0 Å². The zero-order valence-corrected chi connectivity index (χ0v) is 13.3. The lowest BCUT2D eigenvalue weighted by Gasteiger charge is -2.11. The summed E-state index contributed by atoms with van der Waals surface area (Å²) < 4.78 is 29.0. The first-order chi connectivity index (χ1) is 8.83. The molecule has 0 saturated carbocycles. The fourth-order valence-corrected chi connectivity index (χ4v) is 3.85. The number of halogens is 2. The van der Waals surface area contributed by atoms with E-state index in [1.165, 1.54) is 17.9 Å². The van der Waals surface area contributed by atoms with E-state index >= 15 is 0 Å². The summed E-state index contributed by atoms with van der Waals surface area (Å²) in [5.74, 6) is 0. The van der Waals surface area contributed by atoms with Gasteiger partial charge in [0, 0.05) is 11.5 Å². The molecule has 102 valence electrons. The predicted molar refractivity (Wildman–Crippen MR) is 77.9 cm³/mol. The molecule has 0 aliphatic carbocycles. The van der Waals surface area contributed by atoms with Crippen molar-refractivity contribution in [3.63, 3.8) is 0 Å². The van der Waals surface area contributed by atoms with E-state index in [2.05, 4.69) is 25.8 Å². The second-order valence-electron chi connectivity index (χ2n) is 3.96. The minimum Gasteiger partial charge on any atom is -0.277 e. The van der Waals surface area contributed by atoms with Gasteiger partial charge in [-0.1, -0.05) is 23.7 Å². The summed E-state index contributed by atoms with van der Waals surface area (Å²) in [6.07, 6.45) is 1.29. The lowest BCUT2D eigenvalue weighted by Crippen LogP contribution is -2.17. The van der Waals surface area contributed by atoms with Crippen LogP contribution in [-0.2, 0) is 17.1 Å². The molecule has 8 heteroatoms. The van der Waals surface area contributed by atoms with Gasteiger partial charge in [0.05, 0.1) is 16.9 Å². The van der Waals surface area contributed by atoms with Gasteiger partial charge in [0.1, 0.15) is 0 Å². The number of nitrogens with zero attached hydrogens (tertiary/aromatic N) is 2. The van der Waals surface area contributed by atoms with Crippen LogP contribution in [0.1, 0.15) is 5.56 Å². The highest BCUT2D eigenvalue weighted by atomic mass is 79.9. The molecule has 0 aliphatic heterocycles. The van der Waals surface area contributed by atoms with Crippen molar-refractivity contribution in [3.8, 4) is 0 Å². The predicted octanol–water partition coefficient (Wildman–Crippen LogP) is 2.95. The van der Waals surface area contributed by atoms with Crippen LogP contribution < -0.4 is 4.72 Å². The summed E-state index contributed by atoms with van der Waals surface area (Å²) >= 11 is 9.20. The standard InChI is InChI=1S/C11H11BrClN3O2S/c1-7-4-3-5-9(10(7)12)15-19(17,18)11-8(13)6-14-16(11)2/h3-6,15H,1-2H3.